The number of nitrogens with zero attached hydrogens (tertiary/aromatic N) is 1. The number of hydrogen-bond acceptors (Lipinski definition) is 3. The Bertz CT molecular complexity index is 910. The number of benzene rings is 3. The maximum atomic E-state index is 12.2. The van der Waals surface area contributed by atoms with Crippen molar-refractivity contribution >= 4 is 23.2 Å². The van der Waals surface area contributed by atoms with Gasteiger partial charge in [0, 0.05) is 30.5 Å². The summed E-state index contributed by atoms with van der Waals surface area (Å²) in [4.78, 5) is 26.4. The molecule has 0 bridgehead atoms. The van der Waals surface area contributed by atoms with Crippen LogP contribution in [0, 0.1) is 0 Å². The normalized spacial score (nSPS) is 10.2. The summed E-state index contributed by atoms with van der Waals surface area (Å²) in [6.45, 7) is 0.716. The molecule has 0 aliphatic carbocycles. The quantitative estimate of drug-likeness (QED) is 0.664. The van der Waals surface area contributed by atoms with Gasteiger partial charge in [-0.15, -0.1) is 0 Å². The highest BCUT2D eigenvalue weighted by Gasteiger charge is 2.09. The van der Waals surface area contributed by atoms with E-state index in [1.54, 1.807) is 24.3 Å². The SMILES string of the molecule is CN(CC(=O)Nc1ccc(C(=O)NCc2ccccc2)cc1)c1ccccc1. The van der Waals surface area contributed by atoms with Crippen molar-refractivity contribution in [3.63, 3.8) is 0 Å². The van der Waals surface area contributed by atoms with Crippen molar-refractivity contribution in [1.82, 2.24) is 5.32 Å². The summed E-state index contributed by atoms with van der Waals surface area (Å²) in [5.41, 5.74) is 3.23. The van der Waals surface area contributed by atoms with Crippen LogP contribution in [-0.4, -0.2) is 25.4 Å². The van der Waals surface area contributed by atoms with Gasteiger partial charge in [0.15, 0.2) is 0 Å². The molecule has 0 saturated carbocycles. The molecule has 5 nitrogen and oxygen atoms in total. The topological polar surface area (TPSA) is 61.4 Å². The summed E-state index contributed by atoms with van der Waals surface area (Å²) in [5, 5.41) is 5.74. The van der Waals surface area contributed by atoms with Gasteiger partial charge >= 0.3 is 0 Å². The summed E-state index contributed by atoms with van der Waals surface area (Å²) < 4.78 is 0. The fourth-order valence-corrected chi connectivity index (χ4v) is 2.77. The predicted molar refractivity (Wildman–Crippen MR) is 112 cm³/mol. The molecule has 3 aromatic carbocycles. The van der Waals surface area contributed by atoms with Crippen LogP contribution in [0.4, 0.5) is 11.4 Å². The van der Waals surface area contributed by atoms with Crippen molar-refractivity contribution in [2.24, 2.45) is 0 Å². The fraction of sp³-hybridized carbons (Fsp3) is 0.130. The molecule has 0 heterocycles. The molecule has 3 aromatic rings. The lowest BCUT2D eigenvalue weighted by Gasteiger charge is -2.18. The largest absolute Gasteiger partial charge is 0.365 e. The summed E-state index contributed by atoms with van der Waals surface area (Å²) in [6.07, 6.45) is 0. The number of para-hydroxylation sites is 1. The Hall–Kier alpha value is -3.60. The molecule has 0 unspecified atom stereocenters. The summed E-state index contributed by atoms with van der Waals surface area (Å²) in [6, 6.07) is 26.3. The van der Waals surface area contributed by atoms with E-state index in [9.17, 15) is 9.59 Å². The Morgan fingerprint density at radius 2 is 1.43 bits per heavy atom. The van der Waals surface area contributed by atoms with Crippen LogP contribution in [0.15, 0.2) is 84.9 Å². The van der Waals surface area contributed by atoms with Crippen molar-refractivity contribution in [3.8, 4) is 0 Å². The van der Waals surface area contributed by atoms with Crippen LogP contribution in [0.5, 0.6) is 0 Å². The van der Waals surface area contributed by atoms with Crippen LogP contribution in [0.3, 0.4) is 0 Å². The molecule has 0 aliphatic heterocycles. The molecule has 3 rings (SSSR count). The molecule has 0 fully saturated rings. The van der Waals surface area contributed by atoms with E-state index in [4.69, 9.17) is 0 Å². The number of hydrogen-bond donors (Lipinski definition) is 2. The zero-order valence-corrected chi connectivity index (χ0v) is 15.8. The Labute approximate surface area is 165 Å². The first-order valence-corrected chi connectivity index (χ1v) is 9.10. The molecule has 28 heavy (non-hydrogen) atoms. The molecule has 0 radical (unpaired) electrons. The van der Waals surface area contributed by atoms with Gasteiger partial charge in [0.05, 0.1) is 6.54 Å². The van der Waals surface area contributed by atoms with Crippen molar-refractivity contribution in [2.45, 2.75) is 6.54 Å². The lowest BCUT2D eigenvalue weighted by molar-refractivity contribution is -0.114. The first-order valence-electron chi connectivity index (χ1n) is 9.10. The van der Waals surface area contributed by atoms with E-state index in [1.807, 2.05) is 72.6 Å². The fourth-order valence-electron chi connectivity index (χ4n) is 2.77. The Kier molecular flexibility index (Phi) is 6.41. The van der Waals surface area contributed by atoms with Crippen LogP contribution in [-0.2, 0) is 11.3 Å². The molecular formula is C23H23N3O2. The standard InChI is InChI=1S/C23H23N3O2/c1-26(21-10-6-3-7-11-21)17-22(27)25-20-14-12-19(13-15-20)23(28)24-16-18-8-4-2-5-9-18/h2-15H,16-17H2,1H3,(H,24,28)(H,25,27). The van der Waals surface area contributed by atoms with E-state index in [2.05, 4.69) is 10.6 Å². The maximum absolute atomic E-state index is 12.2. The van der Waals surface area contributed by atoms with E-state index in [0.717, 1.165) is 11.3 Å². The van der Waals surface area contributed by atoms with E-state index in [0.29, 0.717) is 17.8 Å². The average Bonchev–Trinajstić information content (AvgIpc) is 2.74. The molecule has 0 aliphatic rings. The van der Waals surface area contributed by atoms with Crippen LogP contribution in [0.25, 0.3) is 0 Å². The van der Waals surface area contributed by atoms with Crippen LogP contribution < -0.4 is 15.5 Å². The predicted octanol–water partition coefficient (Wildman–Crippen LogP) is 3.69. The van der Waals surface area contributed by atoms with Gasteiger partial charge in [0.25, 0.3) is 5.91 Å². The Balaban J connectivity index is 1.51. The highest BCUT2D eigenvalue weighted by Crippen LogP contribution is 2.13. The molecule has 0 spiro atoms. The molecule has 0 atom stereocenters. The van der Waals surface area contributed by atoms with Crippen molar-refractivity contribution in [2.75, 3.05) is 23.8 Å². The minimum absolute atomic E-state index is 0.118. The van der Waals surface area contributed by atoms with Crippen LogP contribution in [0.1, 0.15) is 15.9 Å². The van der Waals surface area contributed by atoms with Gasteiger partial charge < -0.3 is 15.5 Å². The van der Waals surface area contributed by atoms with Crippen molar-refractivity contribution < 1.29 is 9.59 Å². The second-order valence-electron chi connectivity index (χ2n) is 6.49. The number of nitrogens with one attached hydrogen (secondary N) is 2. The molecule has 0 aromatic heterocycles. The summed E-state index contributed by atoms with van der Waals surface area (Å²) >= 11 is 0. The Morgan fingerprint density at radius 1 is 0.821 bits per heavy atom. The van der Waals surface area contributed by atoms with Gasteiger partial charge in [-0.05, 0) is 42.0 Å². The second-order valence-corrected chi connectivity index (χ2v) is 6.49. The molecule has 5 heteroatoms. The molecule has 2 amide bonds. The number of amides is 2. The first kappa shape index (κ1) is 19.2. The summed E-state index contributed by atoms with van der Waals surface area (Å²) in [5.74, 6) is -0.266. The van der Waals surface area contributed by atoms with Gasteiger partial charge in [-0.25, -0.2) is 0 Å². The lowest BCUT2D eigenvalue weighted by Crippen LogP contribution is -2.30. The average molecular weight is 373 g/mol. The second kappa shape index (κ2) is 9.37. The number of anilines is 2. The minimum Gasteiger partial charge on any atom is -0.365 e. The molecular weight excluding hydrogens is 350 g/mol. The third-order valence-corrected chi connectivity index (χ3v) is 4.30. The van der Waals surface area contributed by atoms with Gasteiger partial charge in [-0.3, -0.25) is 9.59 Å². The number of rotatable bonds is 7. The van der Waals surface area contributed by atoms with Gasteiger partial charge in [-0.1, -0.05) is 48.5 Å². The third kappa shape index (κ3) is 5.45. The van der Waals surface area contributed by atoms with Crippen molar-refractivity contribution in [3.05, 3.63) is 96.1 Å². The highest BCUT2D eigenvalue weighted by atomic mass is 16.2. The Morgan fingerprint density at radius 3 is 2.07 bits per heavy atom. The maximum Gasteiger partial charge on any atom is 0.251 e. The van der Waals surface area contributed by atoms with Gasteiger partial charge in [0.2, 0.25) is 5.91 Å². The van der Waals surface area contributed by atoms with Crippen LogP contribution in [0.2, 0.25) is 0 Å². The van der Waals surface area contributed by atoms with E-state index >= 15 is 0 Å². The van der Waals surface area contributed by atoms with E-state index < -0.39 is 0 Å². The molecule has 142 valence electrons. The zero-order valence-electron chi connectivity index (χ0n) is 15.8. The van der Waals surface area contributed by atoms with Crippen LogP contribution >= 0.6 is 0 Å². The van der Waals surface area contributed by atoms with Gasteiger partial charge in [-0.2, -0.15) is 0 Å². The number of carbonyl (C=O) groups excluding carboxylic acids is 2. The molecule has 0 saturated heterocycles. The highest BCUT2D eigenvalue weighted by molar-refractivity contribution is 5.96. The molecule has 2 N–H and O–H groups in total. The zero-order chi connectivity index (χ0) is 19.8. The smallest absolute Gasteiger partial charge is 0.251 e. The van der Waals surface area contributed by atoms with Gasteiger partial charge in [0.1, 0.15) is 0 Å². The van der Waals surface area contributed by atoms with E-state index in [1.165, 1.54) is 0 Å². The lowest BCUT2D eigenvalue weighted by atomic mass is 10.1. The summed E-state index contributed by atoms with van der Waals surface area (Å²) in [7, 11) is 1.87. The first-order chi connectivity index (χ1) is 13.6. The number of likely N-dealkylation sites (N-methyl/N-ethyl adjacent to an activating group) is 1. The van der Waals surface area contributed by atoms with E-state index in [-0.39, 0.29) is 18.4 Å². The third-order valence-electron chi connectivity index (χ3n) is 4.30. The monoisotopic (exact) mass is 373 g/mol. The minimum atomic E-state index is -0.148. The van der Waals surface area contributed by atoms with Crippen molar-refractivity contribution in [1.29, 1.82) is 0 Å². The number of carbonyl (C=O) groups is 2.